The Labute approximate surface area is 182 Å². The van der Waals surface area contributed by atoms with Crippen LogP contribution in [0.2, 0.25) is 0 Å². The van der Waals surface area contributed by atoms with Crippen LogP contribution in [0.4, 0.5) is 5.69 Å². The minimum absolute atomic E-state index is 0.0175. The highest BCUT2D eigenvalue weighted by Crippen LogP contribution is 2.41. The fourth-order valence-electron chi connectivity index (χ4n) is 2.64. The first-order chi connectivity index (χ1) is 12.9. The quantitative estimate of drug-likeness (QED) is 0.417. The Bertz CT molecular complexity index is 950. The molecule has 0 bridgehead atoms. The van der Waals surface area contributed by atoms with Crippen LogP contribution in [-0.4, -0.2) is 23.2 Å². The van der Waals surface area contributed by atoms with E-state index in [4.69, 9.17) is 4.74 Å². The third kappa shape index (κ3) is 4.36. The van der Waals surface area contributed by atoms with Gasteiger partial charge in [0.15, 0.2) is 0 Å². The predicted octanol–water partition coefficient (Wildman–Crippen LogP) is 6.69. The number of fused-ring (bicyclic) bond motifs is 1. The molecule has 3 rings (SSSR count). The minimum atomic E-state index is -0.210. The van der Waals surface area contributed by atoms with Crippen LogP contribution in [0.3, 0.4) is 0 Å². The maximum absolute atomic E-state index is 12.5. The van der Waals surface area contributed by atoms with Gasteiger partial charge >= 0.3 is 0 Å². The Morgan fingerprint density at radius 3 is 2.44 bits per heavy atom. The molecule has 0 amide bonds. The number of hydrogen-bond donors (Lipinski definition) is 1. The molecule has 0 radical (unpaired) electrons. The fraction of sp³-hybridized carbons (Fsp3) is 0.200. The van der Waals surface area contributed by atoms with E-state index in [1.807, 2.05) is 24.3 Å². The second-order valence-corrected chi connectivity index (χ2v) is 8.52. The molecule has 7 heteroatoms. The van der Waals surface area contributed by atoms with Gasteiger partial charge in [0.05, 0.1) is 38.1 Å². The van der Waals surface area contributed by atoms with Crippen molar-refractivity contribution < 1.29 is 14.6 Å². The molecule has 140 valence electrons. The number of benzene rings is 2. The number of aliphatic imine (C=N–C) groups is 1. The van der Waals surface area contributed by atoms with Crippen molar-refractivity contribution in [3.63, 3.8) is 0 Å². The fourth-order valence-corrected chi connectivity index (χ4v) is 4.39. The molecule has 2 aromatic rings. The third-order valence-corrected chi connectivity index (χ3v) is 5.84. The molecule has 0 heterocycles. The highest BCUT2D eigenvalue weighted by molar-refractivity contribution is 9.12. The number of allylic oxidation sites excluding steroid dienone is 2. The SMILES string of the molecule is CCCCOc1ccc(N=C2C=C(Br)C(=O)c3c(Br)cc(Br)c(O)c32)cc1. The van der Waals surface area contributed by atoms with Gasteiger partial charge < -0.3 is 9.84 Å². The summed E-state index contributed by atoms with van der Waals surface area (Å²) in [5.41, 5.74) is 1.96. The van der Waals surface area contributed by atoms with Gasteiger partial charge in [-0.2, -0.15) is 0 Å². The average molecular weight is 558 g/mol. The number of nitrogens with zero attached hydrogens (tertiary/aromatic N) is 1. The average Bonchev–Trinajstić information content (AvgIpc) is 2.64. The summed E-state index contributed by atoms with van der Waals surface area (Å²) >= 11 is 10.0. The van der Waals surface area contributed by atoms with Crippen molar-refractivity contribution in [1.82, 2.24) is 0 Å². The van der Waals surface area contributed by atoms with Crippen molar-refractivity contribution in [1.29, 1.82) is 0 Å². The van der Waals surface area contributed by atoms with Gasteiger partial charge in [0, 0.05) is 4.47 Å². The number of ketones is 1. The van der Waals surface area contributed by atoms with Crippen LogP contribution in [0.25, 0.3) is 0 Å². The molecular formula is C20H16Br3NO3. The summed E-state index contributed by atoms with van der Waals surface area (Å²) < 4.78 is 7.12. The van der Waals surface area contributed by atoms with Gasteiger partial charge in [0.1, 0.15) is 11.5 Å². The van der Waals surface area contributed by atoms with E-state index in [-0.39, 0.29) is 11.5 Å². The maximum atomic E-state index is 12.5. The van der Waals surface area contributed by atoms with Crippen LogP contribution in [0.15, 0.2) is 54.8 Å². The molecule has 0 saturated heterocycles. The Morgan fingerprint density at radius 1 is 1.07 bits per heavy atom. The standard InChI is InChI=1S/C20H16Br3NO3/c1-2-3-8-27-12-6-4-11(5-7-12)24-16-10-15(23)19(25)17-13(21)9-14(22)20(26)18(16)17/h4-7,9-10,26H,2-3,8H2,1H3. The number of halogens is 3. The molecule has 0 spiro atoms. The van der Waals surface area contributed by atoms with Gasteiger partial charge in [-0.05, 0) is 90.6 Å². The first-order valence-corrected chi connectivity index (χ1v) is 10.7. The van der Waals surface area contributed by atoms with Crippen LogP contribution in [-0.2, 0) is 0 Å². The summed E-state index contributed by atoms with van der Waals surface area (Å²) in [6.07, 6.45) is 3.71. The smallest absolute Gasteiger partial charge is 0.201 e. The van der Waals surface area contributed by atoms with Gasteiger partial charge in [-0.15, -0.1) is 0 Å². The molecule has 0 saturated carbocycles. The van der Waals surface area contributed by atoms with Gasteiger partial charge in [-0.1, -0.05) is 13.3 Å². The number of unbranched alkanes of at least 4 members (excludes halogenated alkanes) is 1. The molecule has 0 atom stereocenters. The predicted molar refractivity (Wildman–Crippen MR) is 118 cm³/mol. The summed E-state index contributed by atoms with van der Waals surface area (Å²) in [7, 11) is 0. The van der Waals surface area contributed by atoms with Crippen LogP contribution in [0.5, 0.6) is 11.5 Å². The van der Waals surface area contributed by atoms with Crippen molar-refractivity contribution in [2.24, 2.45) is 4.99 Å². The highest BCUT2D eigenvalue weighted by atomic mass is 79.9. The number of aromatic hydroxyl groups is 1. The topological polar surface area (TPSA) is 58.9 Å². The lowest BCUT2D eigenvalue weighted by Crippen LogP contribution is -2.16. The summed E-state index contributed by atoms with van der Waals surface area (Å²) in [5.74, 6) is 0.561. The largest absolute Gasteiger partial charge is 0.506 e. The number of phenolic OH excluding ortho intramolecular Hbond substituents is 1. The second kappa shape index (κ2) is 8.71. The van der Waals surface area contributed by atoms with E-state index in [2.05, 4.69) is 59.7 Å². The molecule has 27 heavy (non-hydrogen) atoms. The highest BCUT2D eigenvalue weighted by Gasteiger charge is 2.29. The number of phenols is 1. The van der Waals surface area contributed by atoms with E-state index in [0.717, 1.165) is 18.6 Å². The number of hydrogen-bond acceptors (Lipinski definition) is 4. The molecule has 0 unspecified atom stereocenters. The number of carbonyl (C=O) groups is 1. The Morgan fingerprint density at radius 2 is 1.78 bits per heavy atom. The summed E-state index contributed by atoms with van der Waals surface area (Å²) in [4.78, 5) is 17.2. The lowest BCUT2D eigenvalue weighted by Gasteiger charge is -2.18. The Balaban J connectivity index is 2.01. The molecule has 1 aliphatic rings. The lowest BCUT2D eigenvalue weighted by molar-refractivity contribution is 0.104. The van der Waals surface area contributed by atoms with Crippen molar-refractivity contribution in [3.05, 3.63) is 61.0 Å². The van der Waals surface area contributed by atoms with Gasteiger partial charge in [0.2, 0.25) is 5.78 Å². The van der Waals surface area contributed by atoms with Crippen LogP contribution in [0, 0.1) is 0 Å². The number of carbonyl (C=O) groups excluding carboxylic acids is 1. The molecule has 1 aliphatic carbocycles. The summed E-state index contributed by atoms with van der Waals surface area (Å²) in [6.45, 7) is 2.80. The van der Waals surface area contributed by atoms with Gasteiger partial charge in [-0.25, -0.2) is 4.99 Å². The zero-order valence-corrected chi connectivity index (χ0v) is 19.2. The zero-order valence-electron chi connectivity index (χ0n) is 14.4. The number of rotatable bonds is 5. The first kappa shape index (κ1) is 20.3. The molecule has 0 aromatic heterocycles. The molecule has 2 aromatic carbocycles. The maximum Gasteiger partial charge on any atom is 0.201 e. The third-order valence-electron chi connectivity index (χ3n) is 4.02. The van der Waals surface area contributed by atoms with E-state index in [9.17, 15) is 9.90 Å². The summed E-state index contributed by atoms with van der Waals surface area (Å²) in [6, 6.07) is 9.06. The monoisotopic (exact) mass is 555 g/mol. The Kier molecular flexibility index (Phi) is 6.55. The number of ether oxygens (including phenoxy) is 1. The van der Waals surface area contributed by atoms with Crippen molar-refractivity contribution in [2.45, 2.75) is 19.8 Å². The number of Topliss-reactive ketones (excluding diaryl/α,β-unsaturated/α-hetero) is 1. The molecule has 0 fully saturated rings. The van der Waals surface area contributed by atoms with Gasteiger partial charge in [-0.3, -0.25) is 4.79 Å². The zero-order chi connectivity index (χ0) is 19.6. The van der Waals surface area contributed by atoms with E-state index in [1.165, 1.54) is 0 Å². The first-order valence-electron chi connectivity index (χ1n) is 8.37. The molecule has 1 N–H and O–H groups in total. The minimum Gasteiger partial charge on any atom is -0.506 e. The van der Waals surface area contributed by atoms with Crippen molar-refractivity contribution >= 4 is 65.0 Å². The second-order valence-electron chi connectivity index (χ2n) is 5.95. The molecular weight excluding hydrogens is 542 g/mol. The lowest BCUT2D eigenvalue weighted by atomic mass is 9.93. The van der Waals surface area contributed by atoms with E-state index < -0.39 is 0 Å². The van der Waals surface area contributed by atoms with Crippen molar-refractivity contribution in [3.8, 4) is 11.5 Å². The molecule has 0 aliphatic heterocycles. The van der Waals surface area contributed by atoms with E-state index in [0.29, 0.717) is 42.6 Å². The van der Waals surface area contributed by atoms with Crippen LogP contribution < -0.4 is 4.74 Å². The summed E-state index contributed by atoms with van der Waals surface area (Å²) in [5, 5.41) is 10.5. The van der Waals surface area contributed by atoms with Gasteiger partial charge in [0.25, 0.3) is 0 Å². The van der Waals surface area contributed by atoms with Crippen LogP contribution in [0.1, 0.15) is 35.7 Å². The van der Waals surface area contributed by atoms with Crippen LogP contribution >= 0.6 is 47.8 Å². The normalized spacial score (nSPS) is 14.9. The molecule has 4 nitrogen and oxygen atoms in total. The van der Waals surface area contributed by atoms with E-state index in [1.54, 1.807) is 12.1 Å². The van der Waals surface area contributed by atoms with E-state index >= 15 is 0 Å². The van der Waals surface area contributed by atoms with Crippen molar-refractivity contribution in [2.75, 3.05) is 6.61 Å². The Hall–Kier alpha value is -1.44.